The number of fused-ring (bicyclic) bond motifs is 1. The Hall–Kier alpha value is -3.28. The molecule has 5 rings (SSSR count). The van der Waals surface area contributed by atoms with E-state index in [9.17, 15) is 19.2 Å². The van der Waals surface area contributed by atoms with Crippen molar-refractivity contribution in [1.29, 1.82) is 0 Å². The van der Waals surface area contributed by atoms with Crippen LogP contribution in [0.2, 0.25) is 0 Å². The molecule has 6 nitrogen and oxygen atoms in total. The van der Waals surface area contributed by atoms with E-state index in [4.69, 9.17) is 0 Å². The number of carbonyl (C=O) groups excluding carboxylic acids is 4. The van der Waals surface area contributed by atoms with E-state index < -0.39 is 6.04 Å². The predicted octanol–water partition coefficient (Wildman–Crippen LogP) is 6.80. The fourth-order valence-electron chi connectivity index (χ4n) is 7.28. The van der Waals surface area contributed by atoms with E-state index in [-0.39, 0.29) is 53.7 Å². The Labute approximate surface area is 244 Å². The van der Waals surface area contributed by atoms with Crippen LogP contribution in [0.1, 0.15) is 112 Å². The first kappa shape index (κ1) is 29.2. The standard InChI is InChI=1S/C35H44N2O4/c38-28(24-31(25-15-8-5-9-16-25)36-33(39)26-17-10-6-11-18-26)23-27-19-7-1-2-12-20-29(27)34(40)37-32-22-14-4-3-13-21-30(32)35(37)41/h5-6,8-11,15-18,27,29-32H,1-4,7,12-14,19-24H2,(H,36,39)/t27-,29?,30-,31?,32?/m0/s1. The third-order valence-corrected chi connectivity index (χ3v) is 9.54. The van der Waals surface area contributed by atoms with E-state index in [0.717, 1.165) is 69.8 Å². The van der Waals surface area contributed by atoms with E-state index in [1.54, 1.807) is 17.0 Å². The van der Waals surface area contributed by atoms with Crippen LogP contribution >= 0.6 is 0 Å². The molecule has 41 heavy (non-hydrogen) atoms. The molecule has 0 spiro atoms. The summed E-state index contributed by atoms with van der Waals surface area (Å²) in [4.78, 5) is 55.4. The molecule has 3 aliphatic rings. The molecule has 0 bridgehead atoms. The molecule has 5 atom stereocenters. The molecule has 3 fully saturated rings. The molecule has 2 aromatic rings. The summed E-state index contributed by atoms with van der Waals surface area (Å²) in [6.07, 6.45) is 12.5. The van der Waals surface area contributed by atoms with Crippen LogP contribution < -0.4 is 5.32 Å². The molecule has 0 radical (unpaired) electrons. The van der Waals surface area contributed by atoms with Gasteiger partial charge in [0.2, 0.25) is 11.8 Å². The third kappa shape index (κ3) is 7.14. The summed E-state index contributed by atoms with van der Waals surface area (Å²) in [5, 5.41) is 3.08. The van der Waals surface area contributed by atoms with Crippen molar-refractivity contribution in [3.63, 3.8) is 0 Å². The van der Waals surface area contributed by atoms with Gasteiger partial charge in [0.25, 0.3) is 5.91 Å². The maximum atomic E-state index is 14.0. The van der Waals surface area contributed by atoms with Gasteiger partial charge in [-0.2, -0.15) is 0 Å². The van der Waals surface area contributed by atoms with Gasteiger partial charge in [-0.1, -0.05) is 99.9 Å². The summed E-state index contributed by atoms with van der Waals surface area (Å²) < 4.78 is 0. The average Bonchev–Trinajstić information content (AvgIpc) is 2.96. The lowest BCUT2D eigenvalue weighted by atomic mass is 9.74. The van der Waals surface area contributed by atoms with Crippen LogP contribution in [0.15, 0.2) is 60.7 Å². The van der Waals surface area contributed by atoms with Gasteiger partial charge in [-0.25, -0.2) is 0 Å². The second-order valence-corrected chi connectivity index (χ2v) is 12.3. The fraction of sp³-hybridized carbons (Fsp3) is 0.543. The summed E-state index contributed by atoms with van der Waals surface area (Å²) in [6, 6.07) is 18.3. The number of ketones is 1. The number of rotatable bonds is 8. The van der Waals surface area contributed by atoms with E-state index in [2.05, 4.69) is 5.32 Å². The van der Waals surface area contributed by atoms with Gasteiger partial charge in [0.05, 0.1) is 18.0 Å². The molecule has 2 aliphatic carbocycles. The molecule has 218 valence electrons. The van der Waals surface area contributed by atoms with Crippen LogP contribution in [-0.4, -0.2) is 34.4 Å². The Bertz CT molecular complexity index is 1200. The molecule has 1 aliphatic heterocycles. The Kier molecular flexibility index (Phi) is 10.0. The highest BCUT2D eigenvalue weighted by Gasteiger charge is 2.51. The van der Waals surface area contributed by atoms with E-state index in [1.807, 2.05) is 48.5 Å². The molecule has 1 N–H and O–H groups in total. The first-order valence-corrected chi connectivity index (χ1v) is 15.8. The normalized spacial score (nSPS) is 25.8. The Morgan fingerprint density at radius 3 is 2.07 bits per heavy atom. The maximum Gasteiger partial charge on any atom is 0.251 e. The lowest BCUT2D eigenvalue weighted by Gasteiger charge is -2.49. The zero-order valence-corrected chi connectivity index (χ0v) is 24.1. The first-order chi connectivity index (χ1) is 20.0. The number of β-lactam (4-membered cyclic amide) rings is 1. The van der Waals surface area contributed by atoms with Crippen molar-refractivity contribution in [2.24, 2.45) is 17.8 Å². The minimum Gasteiger partial charge on any atom is -0.345 e. The van der Waals surface area contributed by atoms with Crippen LogP contribution in [0.5, 0.6) is 0 Å². The lowest BCUT2D eigenvalue weighted by Crippen LogP contribution is -2.64. The van der Waals surface area contributed by atoms with Gasteiger partial charge in [-0.05, 0) is 49.3 Å². The molecule has 6 heteroatoms. The van der Waals surface area contributed by atoms with Crippen molar-refractivity contribution < 1.29 is 19.2 Å². The van der Waals surface area contributed by atoms with Crippen molar-refractivity contribution >= 4 is 23.5 Å². The lowest BCUT2D eigenvalue weighted by molar-refractivity contribution is -0.171. The van der Waals surface area contributed by atoms with E-state index in [1.165, 1.54) is 12.8 Å². The largest absolute Gasteiger partial charge is 0.345 e. The number of benzene rings is 2. The molecule has 1 saturated heterocycles. The summed E-state index contributed by atoms with van der Waals surface area (Å²) >= 11 is 0. The quantitative estimate of drug-likeness (QED) is 0.286. The predicted molar refractivity (Wildman–Crippen MR) is 159 cm³/mol. The number of nitrogens with one attached hydrogen (secondary N) is 1. The molecular weight excluding hydrogens is 512 g/mol. The Balaban J connectivity index is 1.29. The molecule has 0 aromatic heterocycles. The third-order valence-electron chi connectivity index (χ3n) is 9.54. The minimum atomic E-state index is -0.452. The monoisotopic (exact) mass is 556 g/mol. The Morgan fingerprint density at radius 2 is 1.37 bits per heavy atom. The van der Waals surface area contributed by atoms with Crippen LogP contribution in [0.25, 0.3) is 0 Å². The second-order valence-electron chi connectivity index (χ2n) is 12.3. The van der Waals surface area contributed by atoms with Crippen LogP contribution in [0.3, 0.4) is 0 Å². The molecule has 2 saturated carbocycles. The molecule has 3 unspecified atom stereocenters. The zero-order valence-electron chi connectivity index (χ0n) is 24.1. The number of hydrogen-bond acceptors (Lipinski definition) is 4. The number of Topliss-reactive ketones (excluding diaryl/α,β-unsaturated/α-hetero) is 1. The Morgan fingerprint density at radius 1 is 0.756 bits per heavy atom. The van der Waals surface area contributed by atoms with Gasteiger partial charge >= 0.3 is 0 Å². The van der Waals surface area contributed by atoms with Crippen molar-refractivity contribution in [2.75, 3.05) is 0 Å². The van der Waals surface area contributed by atoms with E-state index in [0.29, 0.717) is 12.0 Å². The summed E-state index contributed by atoms with van der Waals surface area (Å²) in [5.74, 6) is -0.533. The number of likely N-dealkylation sites (tertiary alicyclic amines) is 1. The summed E-state index contributed by atoms with van der Waals surface area (Å²) in [5.41, 5.74) is 1.44. The number of amides is 3. The van der Waals surface area contributed by atoms with Crippen LogP contribution in [-0.2, 0) is 14.4 Å². The van der Waals surface area contributed by atoms with Crippen LogP contribution in [0.4, 0.5) is 0 Å². The highest BCUT2D eigenvalue weighted by Crippen LogP contribution is 2.41. The summed E-state index contributed by atoms with van der Waals surface area (Å²) in [6.45, 7) is 0. The number of imide groups is 1. The number of nitrogens with zero attached hydrogens (tertiary/aromatic N) is 1. The van der Waals surface area contributed by atoms with E-state index >= 15 is 0 Å². The minimum absolute atomic E-state index is 0.00717. The molecule has 3 amide bonds. The molecular formula is C35H44N2O4. The van der Waals surface area contributed by atoms with Gasteiger partial charge < -0.3 is 5.32 Å². The summed E-state index contributed by atoms with van der Waals surface area (Å²) in [7, 11) is 0. The zero-order chi connectivity index (χ0) is 28.6. The van der Waals surface area contributed by atoms with Gasteiger partial charge in [-0.3, -0.25) is 24.1 Å². The topological polar surface area (TPSA) is 83.6 Å². The first-order valence-electron chi connectivity index (χ1n) is 15.8. The highest BCUT2D eigenvalue weighted by atomic mass is 16.2. The average molecular weight is 557 g/mol. The smallest absolute Gasteiger partial charge is 0.251 e. The van der Waals surface area contributed by atoms with Crippen LogP contribution in [0, 0.1) is 17.8 Å². The highest BCUT2D eigenvalue weighted by molar-refractivity contribution is 6.03. The SMILES string of the molecule is O=C(CC(NC(=O)c1ccccc1)c1ccccc1)C[C@@H]1CCCCCCC1C(=O)N1C(=O)[C@H]2CCCCCCC21. The van der Waals surface area contributed by atoms with Gasteiger partial charge in [0.1, 0.15) is 5.78 Å². The van der Waals surface area contributed by atoms with Gasteiger partial charge in [-0.15, -0.1) is 0 Å². The fourth-order valence-corrected chi connectivity index (χ4v) is 7.28. The van der Waals surface area contributed by atoms with Crippen molar-refractivity contribution in [1.82, 2.24) is 10.2 Å². The molecule has 2 aromatic carbocycles. The maximum absolute atomic E-state index is 14.0. The van der Waals surface area contributed by atoms with Crippen molar-refractivity contribution in [3.05, 3.63) is 71.8 Å². The second kappa shape index (κ2) is 14.1. The van der Waals surface area contributed by atoms with Gasteiger partial charge in [0.15, 0.2) is 0 Å². The number of hydrogen-bond donors (Lipinski definition) is 1. The number of carbonyl (C=O) groups is 4. The van der Waals surface area contributed by atoms with Gasteiger partial charge in [0, 0.05) is 24.3 Å². The molecule has 1 heterocycles. The van der Waals surface area contributed by atoms with Crippen molar-refractivity contribution in [3.8, 4) is 0 Å². The van der Waals surface area contributed by atoms with Crippen molar-refractivity contribution in [2.45, 2.75) is 102 Å².